The fraction of sp³-hybridized carbons (Fsp3) is 0.292. The number of fused-ring (bicyclic) bond motifs is 1. The molecule has 32 heavy (non-hydrogen) atoms. The van der Waals surface area contributed by atoms with Gasteiger partial charge in [0.25, 0.3) is 5.56 Å². The fourth-order valence-electron chi connectivity index (χ4n) is 3.73. The first-order valence-electron chi connectivity index (χ1n) is 10.3. The molecule has 0 spiro atoms. The Morgan fingerprint density at radius 2 is 1.62 bits per heavy atom. The molecule has 0 radical (unpaired) electrons. The van der Waals surface area contributed by atoms with Gasteiger partial charge in [0.1, 0.15) is 11.2 Å². The van der Waals surface area contributed by atoms with E-state index >= 15 is 0 Å². The normalized spacial score (nSPS) is 11.2. The molecule has 2 heterocycles. The van der Waals surface area contributed by atoms with Crippen molar-refractivity contribution in [2.45, 2.75) is 20.4 Å². The third-order valence-electron chi connectivity index (χ3n) is 5.16. The Morgan fingerprint density at radius 1 is 0.969 bits per heavy atom. The van der Waals surface area contributed by atoms with Crippen molar-refractivity contribution >= 4 is 11.0 Å². The molecule has 8 heteroatoms. The monoisotopic (exact) mass is 434 g/mol. The molecule has 0 saturated heterocycles. The van der Waals surface area contributed by atoms with Gasteiger partial charge in [0.15, 0.2) is 17.1 Å². The van der Waals surface area contributed by atoms with Crippen LogP contribution < -0.4 is 19.8 Å². The second-order valence-corrected chi connectivity index (χ2v) is 7.79. The molecule has 2 aromatic heterocycles. The van der Waals surface area contributed by atoms with E-state index in [4.69, 9.17) is 19.2 Å². The van der Waals surface area contributed by atoms with Gasteiger partial charge in [-0.1, -0.05) is 32.0 Å². The molecule has 0 unspecified atom stereocenters. The van der Waals surface area contributed by atoms with Crippen LogP contribution in [0.2, 0.25) is 0 Å². The van der Waals surface area contributed by atoms with Crippen LogP contribution in [-0.2, 0) is 6.54 Å². The molecule has 4 rings (SSSR count). The van der Waals surface area contributed by atoms with Crippen molar-refractivity contribution in [3.8, 4) is 34.3 Å². The first-order valence-corrected chi connectivity index (χ1v) is 10.3. The number of nitrogens with zero attached hydrogens (tertiary/aromatic N) is 4. The first kappa shape index (κ1) is 21.4. The number of para-hydroxylation sites is 1. The van der Waals surface area contributed by atoms with Crippen LogP contribution in [-0.4, -0.2) is 40.7 Å². The van der Waals surface area contributed by atoms with Crippen LogP contribution in [0.1, 0.15) is 13.8 Å². The first-order chi connectivity index (χ1) is 15.5. The summed E-state index contributed by atoms with van der Waals surface area (Å²) in [5.41, 5.74) is 1.85. The van der Waals surface area contributed by atoms with Gasteiger partial charge >= 0.3 is 0 Å². The van der Waals surface area contributed by atoms with Crippen molar-refractivity contribution in [3.05, 3.63) is 59.0 Å². The summed E-state index contributed by atoms with van der Waals surface area (Å²) < 4.78 is 19.9. The maximum absolute atomic E-state index is 13.5. The number of rotatable bonds is 7. The van der Waals surface area contributed by atoms with Crippen molar-refractivity contribution in [1.29, 1.82) is 0 Å². The summed E-state index contributed by atoms with van der Waals surface area (Å²) in [5, 5.41) is 4.91. The highest BCUT2D eigenvalue weighted by molar-refractivity contribution is 5.78. The van der Waals surface area contributed by atoms with Crippen LogP contribution in [0.5, 0.6) is 17.2 Å². The molecule has 0 fully saturated rings. The molecule has 0 saturated carbocycles. The second kappa shape index (κ2) is 8.74. The molecule has 8 nitrogen and oxygen atoms in total. The van der Waals surface area contributed by atoms with Gasteiger partial charge in [0.2, 0.25) is 5.75 Å². The Labute approximate surface area is 186 Å². The van der Waals surface area contributed by atoms with Gasteiger partial charge in [-0.25, -0.2) is 9.67 Å². The second-order valence-electron chi connectivity index (χ2n) is 7.79. The smallest absolute Gasteiger partial charge is 0.264 e. The summed E-state index contributed by atoms with van der Waals surface area (Å²) in [6.45, 7) is 4.62. The Bertz CT molecular complexity index is 1280. The molecule has 166 valence electrons. The van der Waals surface area contributed by atoms with Gasteiger partial charge in [0, 0.05) is 12.1 Å². The average molecular weight is 434 g/mol. The molecule has 2 aromatic carbocycles. The van der Waals surface area contributed by atoms with Crippen molar-refractivity contribution in [2.75, 3.05) is 21.3 Å². The summed E-state index contributed by atoms with van der Waals surface area (Å²) in [4.78, 5) is 18.4. The molecule has 0 aliphatic rings. The van der Waals surface area contributed by atoms with E-state index in [1.54, 1.807) is 48.9 Å². The predicted octanol–water partition coefficient (Wildman–Crippen LogP) is 3.93. The minimum Gasteiger partial charge on any atom is -0.493 e. The van der Waals surface area contributed by atoms with E-state index in [1.165, 1.54) is 0 Å². The Morgan fingerprint density at radius 3 is 2.19 bits per heavy atom. The van der Waals surface area contributed by atoms with Gasteiger partial charge in [-0.3, -0.25) is 9.36 Å². The van der Waals surface area contributed by atoms with Crippen molar-refractivity contribution in [2.24, 2.45) is 5.92 Å². The Kier molecular flexibility index (Phi) is 5.85. The van der Waals surface area contributed by atoms with E-state index in [-0.39, 0.29) is 11.5 Å². The van der Waals surface area contributed by atoms with E-state index in [0.717, 1.165) is 5.69 Å². The molecule has 0 N–H and O–H groups in total. The van der Waals surface area contributed by atoms with Crippen molar-refractivity contribution in [3.63, 3.8) is 0 Å². The Hall–Kier alpha value is -3.81. The third-order valence-corrected chi connectivity index (χ3v) is 5.16. The number of hydrogen-bond acceptors (Lipinski definition) is 6. The zero-order valence-corrected chi connectivity index (χ0v) is 18.8. The van der Waals surface area contributed by atoms with Crippen LogP contribution in [0, 0.1) is 5.92 Å². The number of hydrogen-bond donors (Lipinski definition) is 0. The number of ether oxygens (including phenoxy) is 3. The molecule has 0 aliphatic heterocycles. The van der Waals surface area contributed by atoms with Crippen LogP contribution >= 0.6 is 0 Å². The summed E-state index contributed by atoms with van der Waals surface area (Å²) in [6.07, 6.45) is 1.58. The van der Waals surface area contributed by atoms with Crippen LogP contribution in [0.3, 0.4) is 0 Å². The van der Waals surface area contributed by atoms with E-state index in [0.29, 0.717) is 46.2 Å². The van der Waals surface area contributed by atoms with Crippen molar-refractivity contribution in [1.82, 2.24) is 19.3 Å². The minimum absolute atomic E-state index is 0.144. The van der Waals surface area contributed by atoms with Gasteiger partial charge in [-0.05, 0) is 30.2 Å². The molecule has 0 atom stereocenters. The maximum Gasteiger partial charge on any atom is 0.264 e. The van der Waals surface area contributed by atoms with Crippen LogP contribution in [0.25, 0.3) is 28.1 Å². The van der Waals surface area contributed by atoms with Crippen molar-refractivity contribution < 1.29 is 14.2 Å². The molecule has 4 aromatic rings. The fourth-order valence-corrected chi connectivity index (χ4v) is 3.73. The highest BCUT2D eigenvalue weighted by Gasteiger charge is 2.21. The SMILES string of the molecule is COc1cc(-c2nc3c(cnn3-c3ccccc3)c(=O)n2CC(C)C)cc(OC)c1OC. The lowest BCUT2D eigenvalue weighted by molar-refractivity contribution is 0.324. The standard InChI is InChI=1S/C24H26N4O4/c1-15(2)14-27-22(16-11-19(30-3)21(32-5)20(12-16)31-4)26-23-18(24(27)29)13-25-28(23)17-9-7-6-8-10-17/h6-13,15H,14H2,1-5H3. The number of benzene rings is 2. The zero-order chi connectivity index (χ0) is 22.8. The molecular formula is C24H26N4O4. The lowest BCUT2D eigenvalue weighted by Crippen LogP contribution is -2.25. The maximum atomic E-state index is 13.5. The topological polar surface area (TPSA) is 80.4 Å². The zero-order valence-electron chi connectivity index (χ0n) is 18.8. The quantitative estimate of drug-likeness (QED) is 0.438. The van der Waals surface area contributed by atoms with Crippen LogP contribution in [0.15, 0.2) is 53.5 Å². The van der Waals surface area contributed by atoms with Gasteiger partial charge < -0.3 is 14.2 Å². The van der Waals surface area contributed by atoms with E-state index in [1.807, 2.05) is 30.3 Å². The highest BCUT2D eigenvalue weighted by atomic mass is 16.5. The summed E-state index contributed by atoms with van der Waals surface area (Å²) >= 11 is 0. The summed E-state index contributed by atoms with van der Waals surface area (Å²) in [7, 11) is 4.67. The highest BCUT2D eigenvalue weighted by Crippen LogP contribution is 2.41. The van der Waals surface area contributed by atoms with Gasteiger partial charge in [-0.2, -0.15) is 5.10 Å². The summed E-state index contributed by atoms with van der Waals surface area (Å²) in [5.74, 6) is 2.20. The Balaban J connectivity index is 2.04. The molecule has 0 aliphatic carbocycles. The minimum atomic E-state index is -0.144. The average Bonchev–Trinajstić information content (AvgIpc) is 3.24. The van der Waals surface area contributed by atoms with E-state index in [2.05, 4.69) is 18.9 Å². The summed E-state index contributed by atoms with van der Waals surface area (Å²) in [6, 6.07) is 13.2. The van der Waals surface area contributed by atoms with Gasteiger partial charge in [0.05, 0.1) is 33.2 Å². The largest absolute Gasteiger partial charge is 0.493 e. The van der Waals surface area contributed by atoms with Gasteiger partial charge in [-0.15, -0.1) is 0 Å². The van der Waals surface area contributed by atoms with E-state index < -0.39 is 0 Å². The molecule has 0 bridgehead atoms. The van der Waals surface area contributed by atoms with Crippen LogP contribution in [0.4, 0.5) is 0 Å². The number of aromatic nitrogens is 4. The third kappa shape index (κ3) is 3.68. The molecule has 0 amide bonds. The lowest BCUT2D eigenvalue weighted by atomic mass is 10.1. The molecular weight excluding hydrogens is 408 g/mol. The number of methoxy groups -OCH3 is 3. The van der Waals surface area contributed by atoms with E-state index in [9.17, 15) is 4.79 Å². The lowest BCUT2D eigenvalue weighted by Gasteiger charge is -2.18. The predicted molar refractivity (Wildman–Crippen MR) is 123 cm³/mol.